The van der Waals surface area contributed by atoms with E-state index in [0.717, 1.165) is 27.2 Å². The number of hydrogen-bond donors (Lipinski definition) is 0. The van der Waals surface area contributed by atoms with E-state index in [0.29, 0.717) is 11.7 Å². The Labute approximate surface area is 156 Å². The van der Waals surface area contributed by atoms with Gasteiger partial charge >= 0.3 is 0 Å². The molecule has 134 valence electrons. The number of rotatable bonds is 4. The van der Waals surface area contributed by atoms with Crippen LogP contribution in [-0.2, 0) is 4.79 Å². The van der Waals surface area contributed by atoms with Crippen molar-refractivity contribution in [2.24, 2.45) is 0 Å². The number of ether oxygens (including phenoxy) is 1. The molecule has 0 N–H and O–H groups in total. The normalized spacial score (nSPS) is 18.8. The topological polar surface area (TPSA) is 55.3 Å². The molecule has 0 saturated heterocycles. The van der Waals surface area contributed by atoms with Crippen molar-refractivity contribution in [1.29, 1.82) is 0 Å². The lowest BCUT2D eigenvalue weighted by Gasteiger charge is -2.46. The van der Waals surface area contributed by atoms with Crippen molar-refractivity contribution in [3.63, 3.8) is 0 Å². The number of nitrogens with zero attached hydrogens (tertiary/aromatic N) is 3. The third kappa shape index (κ3) is 3.67. The highest BCUT2D eigenvalue weighted by Crippen LogP contribution is 2.45. The average molecular weight is 378 g/mol. The lowest BCUT2D eigenvalue weighted by atomic mass is 9.80. The Morgan fingerprint density at radius 3 is 2.84 bits per heavy atom. The number of benzene rings is 1. The fourth-order valence-electron chi connectivity index (χ4n) is 3.53. The smallest absolute Gasteiger partial charge is 0.237 e. The highest BCUT2D eigenvalue weighted by Gasteiger charge is 2.39. The number of amides is 1. The van der Waals surface area contributed by atoms with E-state index >= 15 is 0 Å². The Bertz CT molecular complexity index is 788. The minimum Gasteiger partial charge on any atom is -0.497 e. The van der Waals surface area contributed by atoms with Gasteiger partial charge in [0, 0.05) is 11.2 Å². The predicted octanol–water partition coefficient (Wildman–Crippen LogP) is 4.27. The molecule has 0 spiro atoms. The molecule has 7 heteroatoms. The van der Waals surface area contributed by atoms with Crippen molar-refractivity contribution in [3.05, 3.63) is 28.8 Å². The zero-order valence-corrected chi connectivity index (χ0v) is 16.8. The summed E-state index contributed by atoms with van der Waals surface area (Å²) in [6.45, 7) is 8.39. The molecule has 1 aromatic carbocycles. The van der Waals surface area contributed by atoms with Crippen molar-refractivity contribution < 1.29 is 9.53 Å². The van der Waals surface area contributed by atoms with Crippen molar-refractivity contribution in [2.45, 2.75) is 49.9 Å². The Balaban J connectivity index is 1.88. The fraction of sp³-hybridized carbons (Fsp3) is 0.500. The molecule has 1 aliphatic rings. The minimum atomic E-state index is -0.226. The lowest BCUT2D eigenvalue weighted by Crippen LogP contribution is -2.52. The summed E-state index contributed by atoms with van der Waals surface area (Å²) in [5, 5.41) is 9.02. The van der Waals surface area contributed by atoms with E-state index in [1.807, 2.05) is 24.0 Å². The quantitative estimate of drug-likeness (QED) is 0.745. The lowest BCUT2D eigenvalue weighted by molar-refractivity contribution is -0.117. The molecule has 0 bridgehead atoms. The summed E-state index contributed by atoms with van der Waals surface area (Å²) < 4.78 is 6.20. The van der Waals surface area contributed by atoms with Gasteiger partial charge in [-0.1, -0.05) is 30.0 Å². The fourth-order valence-corrected chi connectivity index (χ4v) is 5.20. The first kappa shape index (κ1) is 18.2. The number of aromatic nitrogens is 2. The SMILES string of the molecule is COc1ccc2c(c1)C(C)CC(C)(C)N2C(=O)CSc1nnc(C)s1. The van der Waals surface area contributed by atoms with E-state index in [9.17, 15) is 4.79 Å². The first-order chi connectivity index (χ1) is 11.8. The van der Waals surface area contributed by atoms with E-state index in [1.165, 1.54) is 28.7 Å². The van der Waals surface area contributed by atoms with E-state index in [-0.39, 0.29) is 11.4 Å². The van der Waals surface area contributed by atoms with Crippen LogP contribution in [0.15, 0.2) is 22.5 Å². The Kier molecular flexibility index (Phi) is 5.06. The highest BCUT2D eigenvalue weighted by molar-refractivity contribution is 8.01. The van der Waals surface area contributed by atoms with Gasteiger partial charge in [-0.3, -0.25) is 4.79 Å². The second kappa shape index (κ2) is 6.96. The molecule has 3 rings (SSSR count). The molecular weight excluding hydrogens is 354 g/mol. The largest absolute Gasteiger partial charge is 0.497 e. The number of methoxy groups -OCH3 is 1. The van der Waals surface area contributed by atoms with Crippen LogP contribution in [-0.4, -0.2) is 34.5 Å². The molecule has 25 heavy (non-hydrogen) atoms. The molecule has 0 saturated carbocycles. The van der Waals surface area contributed by atoms with Crippen LogP contribution >= 0.6 is 23.1 Å². The van der Waals surface area contributed by atoms with E-state index in [4.69, 9.17) is 4.74 Å². The van der Waals surface area contributed by atoms with Gasteiger partial charge in [0.15, 0.2) is 4.34 Å². The predicted molar refractivity (Wildman–Crippen MR) is 103 cm³/mol. The summed E-state index contributed by atoms with van der Waals surface area (Å²) in [5.41, 5.74) is 1.93. The molecule has 1 unspecified atom stereocenters. The van der Waals surface area contributed by atoms with Crippen molar-refractivity contribution in [1.82, 2.24) is 10.2 Å². The molecule has 1 aliphatic heterocycles. The maximum absolute atomic E-state index is 13.0. The zero-order valence-electron chi connectivity index (χ0n) is 15.2. The van der Waals surface area contributed by atoms with Gasteiger partial charge in [-0.25, -0.2) is 0 Å². The standard InChI is InChI=1S/C18H23N3O2S2/c1-11-9-18(3,4)21(15-7-6-13(23-5)8-14(11)15)16(22)10-24-17-20-19-12(2)25-17/h6-8,11H,9-10H2,1-5H3. The van der Waals surface area contributed by atoms with Gasteiger partial charge in [0.2, 0.25) is 5.91 Å². The van der Waals surface area contributed by atoms with Crippen LogP contribution in [0.25, 0.3) is 0 Å². The van der Waals surface area contributed by atoms with Crippen molar-refractivity contribution in [2.75, 3.05) is 17.8 Å². The second-order valence-corrected chi connectivity index (χ2v) is 9.35. The molecule has 1 amide bonds. The average Bonchev–Trinajstić information content (AvgIpc) is 2.97. The molecule has 2 aromatic rings. The summed E-state index contributed by atoms with van der Waals surface area (Å²) in [6, 6.07) is 5.98. The second-order valence-electron chi connectivity index (χ2n) is 6.95. The molecular formula is C18H23N3O2S2. The van der Waals surface area contributed by atoms with E-state index in [1.54, 1.807) is 7.11 Å². The Morgan fingerprint density at radius 2 is 2.20 bits per heavy atom. The number of thioether (sulfide) groups is 1. The summed E-state index contributed by atoms with van der Waals surface area (Å²) in [4.78, 5) is 15.0. The van der Waals surface area contributed by atoms with Crippen LogP contribution in [0.1, 0.15) is 43.7 Å². The van der Waals surface area contributed by atoms with Gasteiger partial charge in [0.25, 0.3) is 0 Å². The zero-order chi connectivity index (χ0) is 18.2. The Hall–Kier alpha value is -1.60. The first-order valence-electron chi connectivity index (χ1n) is 8.25. The molecule has 5 nitrogen and oxygen atoms in total. The number of fused-ring (bicyclic) bond motifs is 1. The number of carbonyl (C=O) groups excluding carboxylic acids is 1. The number of aryl methyl sites for hydroxylation is 1. The van der Waals surface area contributed by atoms with E-state index in [2.05, 4.69) is 37.0 Å². The van der Waals surface area contributed by atoms with Gasteiger partial charge < -0.3 is 9.64 Å². The van der Waals surface area contributed by atoms with Gasteiger partial charge in [-0.2, -0.15) is 0 Å². The van der Waals surface area contributed by atoms with Gasteiger partial charge in [-0.15, -0.1) is 10.2 Å². The molecule has 1 atom stereocenters. The summed E-state index contributed by atoms with van der Waals surface area (Å²) in [5.74, 6) is 1.66. The van der Waals surface area contributed by atoms with E-state index < -0.39 is 0 Å². The number of anilines is 1. The summed E-state index contributed by atoms with van der Waals surface area (Å²) in [6.07, 6.45) is 0.918. The molecule has 0 radical (unpaired) electrons. The Morgan fingerprint density at radius 1 is 1.44 bits per heavy atom. The van der Waals surface area contributed by atoms with Crippen LogP contribution in [0.5, 0.6) is 5.75 Å². The number of hydrogen-bond acceptors (Lipinski definition) is 6. The van der Waals surface area contributed by atoms with Crippen LogP contribution in [0.3, 0.4) is 0 Å². The summed E-state index contributed by atoms with van der Waals surface area (Å²) in [7, 11) is 1.67. The minimum absolute atomic E-state index is 0.0983. The van der Waals surface area contributed by atoms with Crippen LogP contribution in [0.4, 0.5) is 5.69 Å². The maximum Gasteiger partial charge on any atom is 0.237 e. The third-order valence-corrected chi connectivity index (χ3v) is 6.45. The monoisotopic (exact) mass is 377 g/mol. The third-order valence-electron chi connectivity index (χ3n) is 4.49. The van der Waals surface area contributed by atoms with Gasteiger partial charge in [-0.05, 0) is 56.9 Å². The molecule has 1 aromatic heterocycles. The van der Waals surface area contributed by atoms with Gasteiger partial charge in [0.1, 0.15) is 10.8 Å². The molecule has 0 fully saturated rings. The molecule has 2 heterocycles. The number of carbonyl (C=O) groups is 1. The first-order valence-corrected chi connectivity index (χ1v) is 10.1. The maximum atomic E-state index is 13.0. The van der Waals surface area contributed by atoms with Gasteiger partial charge in [0.05, 0.1) is 12.9 Å². The summed E-state index contributed by atoms with van der Waals surface area (Å²) >= 11 is 2.98. The van der Waals surface area contributed by atoms with Crippen LogP contribution in [0, 0.1) is 6.92 Å². The molecule has 0 aliphatic carbocycles. The van der Waals surface area contributed by atoms with Crippen molar-refractivity contribution >= 4 is 34.7 Å². The highest BCUT2D eigenvalue weighted by atomic mass is 32.2. The van der Waals surface area contributed by atoms with Crippen LogP contribution < -0.4 is 9.64 Å². The van der Waals surface area contributed by atoms with Crippen LogP contribution in [0.2, 0.25) is 0 Å². The van der Waals surface area contributed by atoms with Crippen molar-refractivity contribution in [3.8, 4) is 5.75 Å².